The van der Waals surface area contributed by atoms with E-state index >= 15 is 0 Å². The van der Waals surface area contributed by atoms with Gasteiger partial charge in [-0.3, -0.25) is 0 Å². The number of ether oxygens (including phenoxy) is 2. The summed E-state index contributed by atoms with van der Waals surface area (Å²) >= 11 is 0. The zero-order valence-corrected chi connectivity index (χ0v) is 32.5. The van der Waals surface area contributed by atoms with Crippen LogP contribution in [-0.4, -0.2) is 0 Å². The van der Waals surface area contributed by atoms with Crippen LogP contribution in [-0.2, 0) is 5.41 Å². The average molecular weight is 766 g/mol. The van der Waals surface area contributed by atoms with E-state index in [1.54, 1.807) is 0 Å². The van der Waals surface area contributed by atoms with Gasteiger partial charge in [-0.2, -0.15) is 0 Å². The van der Waals surface area contributed by atoms with Crippen molar-refractivity contribution in [3.63, 3.8) is 0 Å². The van der Waals surface area contributed by atoms with E-state index in [1.807, 2.05) is 6.07 Å². The van der Waals surface area contributed by atoms with Gasteiger partial charge in [0.15, 0.2) is 23.0 Å². The van der Waals surface area contributed by atoms with Crippen molar-refractivity contribution in [1.82, 2.24) is 0 Å². The highest BCUT2D eigenvalue weighted by atomic mass is 16.6. The van der Waals surface area contributed by atoms with Crippen molar-refractivity contribution in [3.05, 3.63) is 235 Å². The third-order valence-electron chi connectivity index (χ3n) is 12.9. The third-order valence-corrected chi connectivity index (χ3v) is 12.9. The van der Waals surface area contributed by atoms with Gasteiger partial charge >= 0.3 is 0 Å². The lowest BCUT2D eigenvalue weighted by atomic mass is 9.70. The number of hydrogen-bond donors (Lipinski definition) is 0. The molecule has 0 atom stereocenters. The van der Waals surface area contributed by atoms with Crippen molar-refractivity contribution in [2.24, 2.45) is 0 Å². The first-order valence-corrected chi connectivity index (χ1v) is 20.6. The van der Waals surface area contributed by atoms with Gasteiger partial charge in [-0.25, -0.2) is 0 Å². The van der Waals surface area contributed by atoms with E-state index in [4.69, 9.17) is 9.47 Å². The minimum atomic E-state index is -0.468. The summed E-state index contributed by atoms with van der Waals surface area (Å²) in [5, 5.41) is 4.69. The molecular weight excluding hydrogens is 731 g/mol. The van der Waals surface area contributed by atoms with Crippen molar-refractivity contribution in [2.75, 3.05) is 4.90 Å². The van der Waals surface area contributed by atoms with Crippen molar-refractivity contribution < 1.29 is 9.47 Å². The summed E-state index contributed by atoms with van der Waals surface area (Å²) in [6.07, 6.45) is 0. The maximum Gasteiger partial charge on any atom is 0.194 e. The number of hydrogen-bond acceptors (Lipinski definition) is 3. The molecule has 1 spiro atoms. The van der Waals surface area contributed by atoms with Crippen molar-refractivity contribution in [1.29, 1.82) is 0 Å². The SMILES string of the molecule is c1ccc(-c2ccc3cc(N(c4ccc5ccccc5c4)c4cccc5c4Oc4ccc6c(c4O5)-c4ccccc4C64c5ccccc5-c5ccccc54)ccc3c2)cc1. The summed E-state index contributed by atoms with van der Waals surface area (Å²) in [6, 6.07) is 76.4. The van der Waals surface area contributed by atoms with E-state index in [0.717, 1.165) is 33.8 Å². The maximum atomic E-state index is 7.16. The fourth-order valence-electron chi connectivity index (χ4n) is 10.3. The number of anilines is 3. The summed E-state index contributed by atoms with van der Waals surface area (Å²) in [7, 11) is 0. The monoisotopic (exact) mass is 765 g/mol. The Balaban J connectivity index is 0.976. The molecule has 0 fully saturated rings. The number of para-hydroxylation sites is 1. The molecule has 0 saturated carbocycles. The van der Waals surface area contributed by atoms with Gasteiger partial charge in [0.05, 0.1) is 11.1 Å². The molecule has 1 heterocycles. The minimum Gasteiger partial charge on any atom is -0.449 e. The van der Waals surface area contributed by atoms with Gasteiger partial charge in [0.1, 0.15) is 0 Å². The predicted molar refractivity (Wildman–Crippen MR) is 244 cm³/mol. The predicted octanol–water partition coefficient (Wildman–Crippen LogP) is 15.4. The highest BCUT2D eigenvalue weighted by Crippen LogP contribution is 2.66. The molecule has 3 heteroatoms. The normalized spacial score (nSPS) is 13.4. The molecule has 3 aliphatic rings. The Morgan fingerprint density at radius 3 is 1.63 bits per heavy atom. The number of nitrogens with zero attached hydrogens (tertiary/aromatic N) is 1. The van der Waals surface area contributed by atoms with Crippen LogP contribution in [0.1, 0.15) is 22.3 Å². The summed E-state index contributed by atoms with van der Waals surface area (Å²) in [6.45, 7) is 0. The summed E-state index contributed by atoms with van der Waals surface area (Å²) < 4.78 is 14.3. The Morgan fingerprint density at radius 1 is 0.333 bits per heavy atom. The molecule has 2 aliphatic carbocycles. The topological polar surface area (TPSA) is 21.7 Å². The fraction of sp³-hybridized carbons (Fsp3) is 0.0175. The zero-order valence-electron chi connectivity index (χ0n) is 32.5. The van der Waals surface area contributed by atoms with E-state index in [-0.39, 0.29) is 0 Å². The molecule has 13 rings (SSSR count). The van der Waals surface area contributed by atoms with Crippen LogP contribution in [0.15, 0.2) is 212 Å². The molecular formula is C57H35NO2. The van der Waals surface area contributed by atoms with E-state index in [0.29, 0.717) is 17.2 Å². The van der Waals surface area contributed by atoms with Crippen molar-refractivity contribution in [2.45, 2.75) is 5.41 Å². The lowest BCUT2D eigenvalue weighted by molar-refractivity contribution is 0.361. The van der Waals surface area contributed by atoms with Gasteiger partial charge in [-0.15, -0.1) is 0 Å². The molecule has 0 N–H and O–H groups in total. The molecule has 0 saturated heterocycles. The van der Waals surface area contributed by atoms with Gasteiger partial charge in [-0.1, -0.05) is 164 Å². The Bertz CT molecular complexity index is 3360. The molecule has 0 bridgehead atoms. The fourth-order valence-corrected chi connectivity index (χ4v) is 10.3. The Labute approximate surface area is 348 Å². The second kappa shape index (κ2) is 12.6. The number of benzene rings is 10. The van der Waals surface area contributed by atoms with Crippen LogP contribution in [0, 0.1) is 0 Å². The van der Waals surface area contributed by atoms with E-state index in [1.165, 1.54) is 66.2 Å². The molecule has 0 amide bonds. The lowest BCUT2D eigenvalue weighted by Gasteiger charge is -2.32. The summed E-state index contributed by atoms with van der Waals surface area (Å²) in [4.78, 5) is 2.30. The Morgan fingerprint density at radius 2 is 0.883 bits per heavy atom. The summed E-state index contributed by atoms with van der Waals surface area (Å²) in [5.74, 6) is 2.80. The third kappa shape index (κ3) is 4.60. The van der Waals surface area contributed by atoms with Crippen LogP contribution >= 0.6 is 0 Å². The molecule has 10 aromatic rings. The van der Waals surface area contributed by atoms with Gasteiger partial charge in [0.2, 0.25) is 0 Å². The molecule has 0 aromatic heterocycles. The highest BCUT2D eigenvalue weighted by Gasteiger charge is 2.53. The molecule has 0 unspecified atom stereocenters. The van der Waals surface area contributed by atoms with Gasteiger partial charge in [0.25, 0.3) is 0 Å². The number of rotatable bonds is 4. The molecule has 60 heavy (non-hydrogen) atoms. The van der Waals surface area contributed by atoms with E-state index < -0.39 is 5.41 Å². The van der Waals surface area contributed by atoms with Crippen LogP contribution < -0.4 is 14.4 Å². The van der Waals surface area contributed by atoms with Crippen LogP contribution in [0.25, 0.3) is 54.9 Å². The van der Waals surface area contributed by atoms with Gasteiger partial charge < -0.3 is 14.4 Å². The van der Waals surface area contributed by atoms with Crippen LogP contribution in [0.4, 0.5) is 17.1 Å². The van der Waals surface area contributed by atoms with Gasteiger partial charge in [-0.05, 0) is 120 Å². The average Bonchev–Trinajstić information content (AvgIpc) is 3.79. The minimum absolute atomic E-state index is 0.468. The quantitative estimate of drug-likeness (QED) is 0.178. The first kappa shape index (κ1) is 33.1. The highest BCUT2D eigenvalue weighted by molar-refractivity contribution is 5.99. The molecule has 10 aromatic carbocycles. The first-order valence-electron chi connectivity index (χ1n) is 20.6. The van der Waals surface area contributed by atoms with E-state index in [2.05, 4.69) is 211 Å². The lowest BCUT2D eigenvalue weighted by Crippen LogP contribution is -2.25. The largest absolute Gasteiger partial charge is 0.449 e. The molecule has 1 aliphatic heterocycles. The maximum absolute atomic E-state index is 7.16. The zero-order chi connectivity index (χ0) is 39.4. The Hall–Kier alpha value is -7.88. The van der Waals surface area contributed by atoms with Gasteiger partial charge in [0, 0.05) is 16.9 Å². The van der Waals surface area contributed by atoms with Crippen molar-refractivity contribution in [3.8, 4) is 56.4 Å². The van der Waals surface area contributed by atoms with Crippen LogP contribution in [0.2, 0.25) is 0 Å². The second-order valence-electron chi connectivity index (χ2n) is 16.0. The van der Waals surface area contributed by atoms with E-state index in [9.17, 15) is 0 Å². The Kier molecular flexibility index (Phi) is 6.93. The first-order chi connectivity index (χ1) is 29.7. The van der Waals surface area contributed by atoms with Crippen LogP contribution in [0.3, 0.4) is 0 Å². The standard InChI is InChI=1S/C57H35NO2/c1-2-13-36(14-3-1)39-25-26-41-35-43(30-28-40(41)33-39)58(42-29-27-37-15-4-5-16-38(37)34-42)51-23-12-24-52-55(51)59-53-32-31-50-54(56(53)60-52)46-19-8-11-22-49(46)57(50)47-20-9-6-17-44(47)45-18-7-10-21-48(45)57/h1-35H. The summed E-state index contributed by atoms with van der Waals surface area (Å²) in [5.41, 5.74) is 14.8. The molecule has 280 valence electrons. The second-order valence-corrected chi connectivity index (χ2v) is 16.0. The molecule has 3 nitrogen and oxygen atoms in total. The number of fused-ring (bicyclic) bond motifs is 15. The molecule has 0 radical (unpaired) electrons. The smallest absolute Gasteiger partial charge is 0.194 e. The van der Waals surface area contributed by atoms with Crippen molar-refractivity contribution >= 4 is 38.6 Å². The van der Waals surface area contributed by atoms with Crippen LogP contribution in [0.5, 0.6) is 23.0 Å².